The van der Waals surface area contributed by atoms with Gasteiger partial charge < -0.3 is 10.2 Å². The van der Waals surface area contributed by atoms with Crippen LogP contribution < -0.4 is 10.2 Å². The number of nitrogens with zero attached hydrogens (tertiary/aromatic N) is 1. The van der Waals surface area contributed by atoms with Gasteiger partial charge in [0.2, 0.25) is 5.91 Å². The Bertz CT molecular complexity index is 757. The minimum absolute atomic E-state index is 0.00314. The molecule has 0 radical (unpaired) electrons. The van der Waals surface area contributed by atoms with Crippen LogP contribution >= 0.6 is 0 Å². The molecule has 2 heterocycles. The molecule has 0 aromatic heterocycles. The van der Waals surface area contributed by atoms with Crippen LogP contribution in [0, 0.1) is 5.92 Å². The Labute approximate surface area is 135 Å². The fourth-order valence-electron chi connectivity index (χ4n) is 3.24. The summed E-state index contributed by atoms with van der Waals surface area (Å²) in [5.74, 6) is 0.187. The van der Waals surface area contributed by atoms with E-state index in [1.165, 1.54) is 6.92 Å². The van der Waals surface area contributed by atoms with Gasteiger partial charge in [0.25, 0.3) is 5.91 Å². The zero-order chi connectivity index (χ0) is 16.6. The summed E-state index contributed by atoms with van der Waals surface area (Å²) in [6.07, 6.45) is 1.36. The molecule has 1 atom stereocenters. The average Bonchev–Trinajstić information content (AvgIpc) is 3.07. The minimum Gasteiger partial charge on any atom is -0.352 e. The summed E-state index contributed by atoms with van der Waals surface area (Å²) in [5, 5.41) is 2.82. The van der Waals surface area contributed by atoms with Crippen LogP contribution in [0.5, 0.6) is 0 Å². The normalized spacial score (nSPS) is 22.0. The van der Waals surface area contributed by atoms with E-state index in [9.17, 15) is 18.0 Å². The fourth-order valence-corrected chi connectivity index (χ4v) is 5.10. The van der Waals surface area contributed by atoms with Crippen LogP contribution in [0.4, 0.5) is 5.69 Å². The van der Waals surface area contributed by atoms with E-state index in [-0.39, 0.29) is 29.2 Å². The van der Waals surface area contributed by atoms with Gasteiger partial charge in [0, 0.05) is 31.3 Å². The first-order chi connectivity index (χ1) is 10.9. The van der Waals surface area contributed by atoms with Gasteiger partial charge in [-0.15, -0.1) is 0 Å². The van der Waals surface area contributed by atoms with Crippen molar-refractivity contribution in [3.8, 4) is 0 Å². The Balaban J connectivity index is 1.64. The third-order valence-electron chi connectivity index (χ3n) is 4.50. The molecular formula is C16H20N2O4S. The number of benzene rings is 1. The number of nitrogens with one attached hydrogen (secondary N) is 1. The zero-order valence-corrected chi connectivity index (χ0v) is 13.9. The molecule has 23 heavy (non-hydrogen) atoms. The molecule has 2 aliphatic heterocycles. The predicted molar refractivity (Wildman–Crippen MR) is 87.3 cm³/mol. The number of amides is 2. The Hall–Kier alpha value is -1.89. The van der Waals surface area contributed by atoms with E-state index in [1.807, 2.05) is 6.07 Å². The number of sulfone groups is 1. The Kier molecular flexibility index (Phi) is 4.14. The van der Waals surface area contributed by atoms with Crippen molar-refractivity contribution >= 4 is 27.3 Å². The first-order valence-corrected chi connectivity index (χ1v) is 9.57. The third-order valence-corrected chi connectivity index (χ3v) is 6.33. The molecule has 1 saturated heterocycles. The monoisotopic (exact) mass is 336 g/mol. The van der Waals surface area contributed by atoms with E-state index in [2.05, 4.69) is 5.32 Å². The van der Waals surface area contributed by atoms with Gasteiger partial charge in [0.15, 0.2) is 9.84 Å². The third kappa shape index (κ3) is 3.39. The number of hydrogen-bond donors (Lipinski definition) is 1. The van der Waals surface area contributed by atoms with Crippen molar-refractivity contribution < 1.29 is 18.0 Å². The highest BCUT2D eigenvalue weighted by Crippen LogP contribution is 2.29. The van der Waals surface area contributed by atoms with Gasteiger partial charge in [-0.25, -0.2) is 8.42 Å². The van der Waals surface area contributed by atoms with Crippen LogP contribution in [0.3, 0.4) is 0 Å². The number of carbonyl (C=O) groups is 2. The molecule has 0 saturated carbocycles. The van der Waals surface area contributed by atoms with E-state index in [0.29, 0.717) is 25.1 Å². The van der Waals surface area contributed by atoms with Crippen LogP contribution in [-0.2, 0) is 21.1 Å². The number of rotatable bonds is 3. The summed E-state index contributed by atoms with van der Waals surface area (Å²) in [5.41, 5.74) is 2.42. The number of anilines is 1. The van der Waals surface area contributed by atoms with Crippen LogP contribution in [-0.4, -0.2) is 44.8 Å². The van der Waals surface area contributed by atoms with E-state index >= 15 is 0 Å². The molecule has 7 heteroatoms. The van der Waals surface area contributed by atoms with Gasteiger partial charge in [-0.05, 0) is 42.5 Å². The number of fused-ring (bicyclic) bond motifs is 1. The maximum atomic E-state index is 12.2. The van der Waals surface area contributed by atoms with Gasteiger partial charge in [0.1, 0.15) is 0 Å². The van der Waals surface area contributed by atoms with Crippen LogP contribution in [0.1, 0.15) is 29.3 Å². The quantitative estimate of drug-likeness (QED) is 0.883. The lowest BCUT2D eigenvalue weighted by Gasteiger charge is -2.15. The van der Waals surface area contributed by atoms with Crippen LogP contribution in [0.15, 0.2) is 18.2 Å². The molecule has 3 rings (SSSR count). The van der Waals surface area contributed by atoms with Gasteiger partial charge >= 0.3 is 0 Å². The Morgan fingerprint density at radius 3 is 2.78 bits per heavy atom. The summed E-state index contributed by atoms with van der Waals surface area (Å²) < 4.78 is 22.8. The van der Waals surface area contributed by atoms with Gasteiger partial charge in [-0.3, -0.25) is 9.59 Å². The summed E-state index contributed by atoms with van der Waals surface area (Å²) in [6, 6.07) is 5.33. The summed E-state index contributed by atoms with van der Waals surface area (Å²) in [7, 11) is -2.92. The van der Waals surface area contributed by atoms with Crippen molar-refractivity contribution in [3.63, 3.8) is 0 Å². The fraction of sp³-hybridized carbons (Fsp3) is 0.500. The molecule has 0 unspecified atom stereocenters. The summed E-state index contributed by atoms with van der Waals surface area (Å²) >= 11 is 0. The first-order valence-electron chi connectivity index (χ1n) is 7.75. The Morgan fingerprint density at radius 2 is 2.13 bits per heavy atom. The van der Waals surface area contributed by atoms with Crippen molar-refractivity contribution in [2.75, 3.05) is 29.5 Å². The topological polar surface area (TPSA) is 83.6 Å². The summed E-state index contributed by atoms with van der Waals surface area (Å²) in [4.78, 5) is 25.5. The van der Waals surface area contributed by atoms with E-state index in [1.54, 1.807) is 17.0 Å². The van der Waals surface area contributed by atoms with Crippen molar-refractivity contribution in [1.82, 2.24) is 5.32 Å². The second-order valence-electron chi connectivity index (χ2n) is 6.24. The molecule has 0 bridgehead atoms. The Morgan fingerprint density at radius 1 is 1.35 bits per heavy atom. The molecule has 6 nitrogen and oxygen atoms in total. The highest BCUT2D eigenvalue weighted by molar-refractivity contribution is 7.91. The molecule has 2 aliphatic rings. The maximum Gasteiger partial charge on any atom is 0.251 e. The van der Waals surface area contributed by atoms with E-state index in [4.69, 9.17) is 0 Å². The van der Waals surface area contributed by atoms with Gasteiger partial charge in [0.05, 0.1) is 11.5 Å². The van der Waals surface area contributed by atoms with Crippen molar-refractivity contribution in [1.29, 1.82) is 0 Å². The maximum absolute atomic E-state index is 12.2. The number of carbonyl (C=O) groups excluding carboxylic acids is 2. The molecule has 1 aromatic rings. The molecule has 124 valence electrons. The number of hydrogen-bond acceptors (Lipinski definition) is 4. The highest BCUT2D eigenvalue weighted by Gasteiger charge is 2.28. The first kappa shape index (κ1) is 16.0. The summed E-state index contributed by atoms with van der Waals surface area (Å²) in [6.45, 7) is 2.57. The molecule has 1 aromatic carbocycles. The van der Waals surface area contributed by atoms with Crippen molar-refractivity contribution in [2.45, 2.75) is 19.8 Å². The van der Waals surface area contributed by atoms with Gasteiger partial charge in [-0.2, -0.15) is 0 Å². The van der Waals surface area contributed by atoms with E-state index < -0.39 is 9.84 Å². The lowest BCUT2D eigenvalue weighted by molar-refractivity contribution is -0.116. The molecular weight excluding hydrogens is 316 g/mol. The minimum atomic E-state index is -2.92. The average molecular weight is 336 g/mol. The SMILES string of the molecule is CC(=O)N1CCc2cc(C(=O)NC[C@@H]3CCS(=O)(=O)C3)ccc21. The smallest absolute Gasteiger partial charge is 0.251 e. The molecule has 0 aliphatic carbocycles. The highest BCUT2D eigenvalue weighted by atomic mass is 32.2. The van der Waals surface area contributed by atoms with Crippen LogP contribution in [0.2, 0.25) is 0 Å². The standard InChI is InChI=1S/C16H20N2O4S/c1-11(19)18-6-4-13-8-14(2-3-15(13)18)16(20)17-9-12-5-7-23(21,22)10-12/h2-3,8,12H,4-7,9-10H2,1H3,(H,17,20)/t12-/m0/s1. The molecule has 1 fully saturated rings. The zero-order valence-electron chi connectivity index (χ0n) is 13.0. The van der Waals surface area contributed by atoms with E-state index in [0.717, 1.165) is 17.7 Å². The molecule has 0 spiro atoms. The molecule has 1 N–H and O–H groups in total. The second-order valence-corrected chi connectivity index (χ2v) is 8.47. The lowest BCUT2D eigenvalue weighted by Crippen LogP contribution is -2.30. The van der Waals surface area contributed by atoms with Crippen molar-refractivity contribution in [2.24, 2.45) is 5.92 Å². The lowest BCUT2D eigenvalue weighted by atomic mass is 10.1. The second kappa shape index (κ2) is 5.96. The van der Waals surface area contributed by atoms with Crippen molar-refractivity contribution in [3.05, 3.63) is 29.3 Å². The van der Waals surface area contributed by atoms with Crippen LogP contribution in [0.25, 0.3) is 0 Å². The predicted octanol–water partition coefficient (Wildman–Crippen LogP) is 0.760. The largest absolute Gasteiger partial charge is 0.352 e. The van der Waals surface area contributed by atoms with Gasteiger partial charge in [-0.1, -0.05) is 0 Å². The molecule has 2 amide bonds.